The van der Waals surface area contributed by atoms with Gasteiger partial charge in [0.05, 0.1) is 0 Å². The van der Waals surface area contributed by atoms with Crippen LogP contribution < -0.4 is 0 Å². The highest BCUT2D eigenvalue weighted by Crippen LogP contribution is 2.16. The summed E-state index contributed by atoms with van der Waals surface area (Å²) in [7, 11) is 0. The predicted octanol–water partition coefficient (Wildman–Crippen LogP) is 3.86. The molecule has 1 saturated heterocycles. The van der Waals surface area contributed by atoms with Crippen molar-refractivity contribution in [2.24, 2.45) is 0 Å². The zero-order valence-electron chi connectivity index (χ0n) is 16.2. The van der Waals surface area contributed by atoms with Crippen LogP contribution in [-0.2, 0) is 0 Å². The van der Waals surface area contributed by atoms with Gasteiger partial charge in [-0.25, -0.2) is 0 Å². The summed E-state index contributed by atoms with van der Waals surface area (Å²) in [6.45, 7) is 7.77. The quantitative estimate of drug-likeness (QED) is 0.731. The lowest BCUT2D eigenvalue weighted by Gasteiger charge is -2.38. The van der Waals surface area contributed by atoms with Gasteiger partial charge in [-0.3, -0.25) is 14.5 Å². The van der Waals surface area contributed by atoms with E-state index in [0.717, 1.165) is 39.0 Å². The van der Waals surface area contributed by atoms with E-state index < -0.39 is 0 Å². The van der Waals surface area contributed by atoms with Gasteiger partial charge >= 0.3 is 0 Å². The molecule has 27 heavy (non-hydrogen) atoms. The molecular formula is C23H28N2O2. The van der Waals surface area contributed by atoms with Gasteiger partial charge in [0.25, 0.3) is 5.91 Å². The van der Waals surface area contributed by atoms with Crippen LogP contribution in [0.5, 0.6) is 0 Å². The summed E-state index contributed by atoms with van der Waals surface area (Å²) < 4.78 is 0. The average molecular weight is 364 g/mol. The van der Waals surface area contributed by atoms with Crippen LogP contribution in [0, 0.1) is 0 Å². The molecule has 1 heterocycles. The lowest BCUT2D eigenvalue weighted by atomic mass is 10.0. The SMILES string of the molecule is CCC(CC)N1CCN(C(=O)c2cccc(C(=O)c3ccccc3)c2)CC1. The molecule has 4 nitrogen and oxygen atoms in total. The van der Waals surface area contributed by atoms with Crippen LogP contribution in [-0.4, -0.2) is 53.7 Å². The molecule has 1 fully saturated rings. The maximum atomic E-state index is 12.9. The lowest BCUT2D eigenvalue weighted by molar-refractivity contribution is 0.0559. The molecule has 0 saturated carbocycles. The summed E-state index contributed by atoms with van der Waals surface area (Å²) >= 11 is 0. The molecule has 1 aliphatic rings. The van der Waals surface area contributed by atoms with Gasteiger partial charge in [-0.1, -0.05) is 56.3 Å². The monoisotopic (exact) mass is 364 g/mol. The summed E-state index contributed by atoms with van der Waals surface area (Å²) in [5.74, 6) is -0.0364. The molecule has 0 unspecified atom stereocenters. The van der Waals surface area contributed by atoms with Gasteiger partial charge in [0.15, 0.2) is 5.78 Å². The van der Waals surface area contributed by atoms with Gasteiger partial charge in [0.2, 0.25) is 0 Å². The van der Waals surface area contributed by atoms with Gasteiger partial charge in [-0.15, -0.1) is 0 Å². The third kappa shape index (κ3) is 4.45. The number of rotatable bonds is 6. The predicted molar refractivity (Wildman–Crippen MR) is 108 cm³/mol. The number of amides is 1. The standard InChI is InChI=1S/C23H28N2O2/c1-3-21(4-2)24-13-15-25(16-14-24)23(27)20-12-8-11-19(17-20)22(26)18-9-6-5-7-10-18/h5-12,17,21H,3-4,13-16H2,1-2H3. The van der Waals surface area contributed by atoms with E-state index in [1.807, 2.05) is 23.1 Å². The molecule has 4 heteroatoms. The molecule has 0 radical (unpaired) electrons. The van der Waals surface area contributed by atoms with E-state index in [9.17, 15) is 9.59 Å². The second-order valence-electron chi connectivity index (χ2n) is 7.07. The summed E-state index contributed by atoms with van der Waals surface area (Å²) in [4.78, 5) is 30.0. The number of nitrogens with zero attached hydrogens (tertiary/aromatic N) is 2. The summed E-state index contributed by atoms with van der Waals surface area (Å²) in [5, 5.41) is 0. The number of carbonyl (C=O) groups is 2. The lowest BCUT2D eigenvalue weighted by Crippen LogP contribution is -2.51. The topological polar surface area (TPSA) is 40.6 Å². The molecule has 0 atom stereocenters. The molecule has 0 aliphatic carbocycles. The minimum absolute atomic E-state index is 0.0157. The highest BCUT2D eigenvalue weighted by Gasteiger charge is 2.25. The second-order valence-corrected chi connectivity index (χ2v) is 7.07. The van der Waals surface area contributed by atoms with E-state index >= 15 is 0 Å². The average Bonchev–Trinajstić information content (AvgIpc) is 2.75. The van der Waals surface area contributed by atoms with E-state index in [0.29, 0.717) is 22.7 Å². The van der Waals surface area contributed by atoms with Crippen molar-refractivity contribution in [3.63, 3.8) is 0 Å². The fraction of sp³-hybridized carbons (Fsp3) is 0.391. The zero-order valence-corrected chi connectivity index (χ0v) is 16.2. The molecule has 1 amide bonds. The molecule has 142 valence electrons. The third-order valence-electron chi connectivity index (χ3n) is 5.47. The first-order valence-corrected chi connectivity index (χ1v) is 9.87. The Labute approximate surface area is 161 Å². The van der Waals surface area contributed by atoms with Gasteiger partial charge in [0, 0.05) is 48.9 Å². The first-order valence-electron chi connectivity index (χ1n) is 9.87. The Morgan fingerprint density at radius 2 is 1.41 bits per heavy atom. The maximum Gasteiger partial charge on any atom is 0.253 e. The number of hydrogen-bond donors (Lipinski definition) is 0. The van der Waals surface area contributed by atoms with Crippen molar-refractivity contribution >= 4 is 11.7 Å². The van der Waals surface area contributed by atoms with E-state index in [4.69, 9.17) is 0 Å². The van der Waals surface area contributed by atoms with Crippen LogP contribution in [0.3, 0.4) is 0 Å². The van der Waals surface area contributed by atoms with Crippen LogP contribution in [0.1, 0.15) is 53.0 Å². The van der Waals surface area contributed by atoms with Gasteiger partial charge in [-0.2, -0.15) is 0 Å². The summed E-state index contributed by atoms with van der Waals surface area (Å²) in [6, 6.07) is 16.9. The van der Waals surface area contributed by atoms with Gasteiger partial charge < -0.3 is 4.90 Å². The number of piperazine rings is 1. The third-order valence-corrected chi connectivity index (χ3v) is 5.47. The Kier molecular flexibility index (Phi) is 6.40. The molecule has 0 N–H and O–H groups in total. The molecule has 3 rings (SSSR count). The highest BCUT2D eigenvalue weighted by atomic mass is 16.2. The van der Waals surface area contributed by atoms with Crippen LogP contribution in [0.4, 0.5) is 0 Å². The minimum atomic E-state index is -0.0520. The second kappa shape index (κ2) is 8.96. The molecule has 0 bridgehead atoms. The van der Waals surface area contributed by atoms with Crippen molar-refractivity contribution < 1.29 is 9.59 Å². The zero-order chi connectivity index (χ0) is 19.2. The Morgan fingerprint density at radius 1 is 0.815 bits per heavy atom. The molecule has 2 aromatic rings. The van der Waals surface area contributed by atoms with Crippen molar-refractivity contribution in [1.82, 2.24) is 9.80 Å². The molecule has 1 aliphatic heterocycles. The molecular weight excluding hydrogens is 336 g/mol. The first-order chi connectivity index (χ1) is 13.1. The number of hydrogen-bond acceptors (Lipinski definition) is 3. The number of carbonyl (C=O) groups excluding carboxylic acids is 2. The Bertz CT molecular complexity index is 776. The van der Waals surface area contributed by atoms with E-state index in [2.05, 4.69) is 18.7 Å². The smallest absolute Gasteiger partial charge is 0.253 e. The first kappa shape index (κ1) is 19.3. The fourth-order valence-electron chi connectivity index (χ4n) is 3.83. The van der Waals surface area contributed by atoms with Crippen molar-refractivity contribution in [1.29, 1.82) is 0 Å². The Morgan fingerprint density at radius 3 is 2.04 bits per heavy atom. The number of benzene rings is 2. The van der Waals surface area contributed by atoms with E-state index in [-0.39, 0.29) is 11.7 Å². The fourth-order valence-corrected chi connectivity index (χ4v) is 3.83. The van der Waals surface area contributed by atoms with Crippen LogP contribution >= 0.6 is 0 Å². The highest BCUT2D eigenvalue weighted by molar-refractivity contribution is 6.10. The van der Waals surface area contributed by atoms with Crippen LogP contribution in [0.15, 0.2) is 54.6 Å². The minimum Gasteiger partial charge on any atom is -0.336 e. The van der Waals surface area contributed by atoms with E-state index in [1.54, 1.807) is 36.4 Å². The summed E-state index contributed by atoms with van der Waals surface area (Å²) in [6.07, 6.45) is 2.29. The van der Waals surface area contributed by atoms with Gasteiger partial charge in [-0.05, 0) is 25.0 Å². The molecule has 0 spiro atoms. The van der Waals surface area contributed by atoms with Crippen molar-refractivity contribution in [2.75, 3.05) is 26.2 Å². The van der Waals surface area contributed by atoms with Crippen LogP contribution in [0.25, 0.3) is 0 Å². The Hall–Kier alpha value is -2.46. The van der Waals surface area contributed by atoms with Gasteiger partial charge in [0.1, 0.15) is 0 Å². The normalized spacial score (nSPS) is 15.1. The van der Waals surface area contributed by atoms with Crippen LogP contribution in [0.2, 0.25) is 0 Å². The van der Waals surface area contributed by atoms with Crippen molar-refractivity contribution in [3.8, 4) is 0 Å². The van der Waals surface area contributed by atoms with Crippen molar-refractivity contribution in [3.05, 3.63) is 71.3 Å². The molecule has 2 aromatic carbocycles. The Balaban J connectivity index is 1.69. The molecule has 0 aromatic heterocycles. The van der Waals surface area contributed by atoms with Crippen molar-refractivity contribution in [2.45, 2.75) is 32.7 Å². The van der Waals surface area contributed by atoms with E-state index in [1.165, 1.54) is 0 Å². The largest absolute Gasteiger partial charge is 0.336 e. The maximum absolute atomic E-state index is 12.9. The number of ketones is 1. The summed E-state index contributed by atoms with van der Waals surface area (Å²) in [5.41, 5.74) is 1.79.